The molecule has 0 saturated carbocycles. The first kappa shape index (κ1) is 29.4. The van der Waals surface area contributed by atoms with Gasteiger partial charge in [-0.2, -0.15) is 0 Å². The molecule has 0 bridgehead atoms. The van der Waals surface area contributed by atoms with Gasteiger partial charge in [-0.25, -0.2) is 0 Å². The van der Waals surface area contributed by atoms with Crippen molar-refractivity contribution in [2.45, 2.75) is 0 Å². The Morgan fingerprint density at radius 1 is 0.692 bits per heavy atom. The maximum Gasteiger partial charge on any atom is 4.00 e. The molecule has 13 heteroatoms. The monoisotopic (exact) mass is 394 g/mol. The molecule has 0 atom stereocenters. The summed E-state index contributed by atoms with van der Waals surface area (Å²) in [4.78, 5) is 0. The molecule has 0 aromatic rings. The van der Waals surface area contributed by atoms with Crippen LogP contribution in [0.25, 0.3) is 0 Å². The number of hydrogen-bond acceptors (Lipinski definition) is 8. The summed E-state index contributed by atoms with van der Waals surface area (Å²) >= 11 is 0. The van der Waals surface area contributed by atoms with Gasteiger partial charge in [-0.15, -0.1) is 0 Å². The third kappa shape index (κ3) is 510. The summed E-state index contributed by atoms with van der Waals surface area (Å²) in [6.45, 7) is 0. The van der Waals surface area contributed by atoms with Gasteiger partial charge in [0.1, 0.15) is 0 Å². The van der Waals surface area contributed by atoms with Gasteiger partial charge in [-0.05, 0) is 0 Å². The van der Waals surface area contributed by atoms with E-state index in [1.54, 1.807) is 0 Å². The van der Waals surface area contributed by atoms with Crippen LogP contribution in [0.1, 0.15) is 0 Å². The van der Waals surface area contributed by atoms with Crippen LogP contribution in [0.3, 0.4) is 0 Å². The van der Waals surface area contributed by atoms with Gasteiger partial charge in [-0.3, -0.25) is 16.8 Å². The summed E-state index contributed by atoms with van der Waals surface area (Å²) in [6, 6.07) is 0. The van der Waals surface area contributed by atoms with Gasteiger partial charge in [0.05, 0.1) is 0 Å². The molecule has 0 heterocycles. The Bertz CT molecular complexity index is 214. The van der Waals surface area contributed by atoms with E-state index in [2.05, 4.69) is 0 Å². The molecule has 0 radical (unpaired) electrons. The second kappa shape index (κ2) is 12.1. The third-order valence-electron chi connectivity index (χ3n) is 0. The summed E-state index contributed by atoms with van der Waals surface area (Å²) < 4.78 is 68.2. The Labute approximate surface area is 130 Å². The van der Waals surface area contributed by atoms with Crippen LogP contribution in [-0.2, 0) is 48.0 Å². The maximum absolute atomic E-state index is 8.52. The summed E-state index contributed by atoms with van der Waals surface area (Å²) in [7, 11) is -10.3. The van der Waals surface area contributed by atoms with Crippen LogP contribution in [0.15, 0.2) is 0 Å². The SMILES string of the molecule is O=S(=O)([O-])[O-].O=S(=O)([O-])[O-].[Ba+2].[O-2].[Ti+4]. The van der Waals surface area contributed by atoms with E-state index in [0.717, 1.165) is 0 Å². The van der Waals surface area contributed by atoms with E-state index in [1.807, 2.05) is 0 Å². The second-order valence-corrected chi connectivity index (χ2v) is 2.45. The molecule has 0 N–H and O–H groups in total. The zero-order chi connectivity index (χ0) is 9.00. The van der Waals surface area contributed by atoms with Crippen LogP contribution in [0.4, 0.5) is 0 Å². The summed E-state index contributed by atoms with van der Waals surface area (Å²) in [6.07, 6.45) is 0. The average Bonchev–Trinajstić information content (AvgIpc) is 1.12. The Morgan fingerprint density at radius 2 is 0.692 bits per heavy atom. The smallest absolute Gasteiger partial charge is 2.00 e. The summed E-state index contributed by atoms with van der Waals surface area (Å²) in [5.41, 5.74) is 0. The zero-order valence-corrected chi connectivity index (χ0v) is 13.3. The fourth-order valence-electron chi connectivity index (χ4n) is 0. The van der Waals surface area contributed by atoms with Crippen LogP contribution in [0.2, 0.25) is 0 Å². The van der Waals surface area contributed by atoms with Gasteiger partial charge in [0.15, 0.2) is 0 Å². The van der Waals surface area contributed by atoms with Crippen molar-refractivity contribution in [3.05, 3.63) is 0 Å². The predicted octanol–water partition coefficient (Wildman–Crippen LogP) is -3.18. The first-order chi connectivity index (χ1) is 4.00. The zero-order valence-electron chi connectivity index (χ0n) is 5.70. The minimum absolute atomic E-state index is 0. The molecule has 0 spiro atoms. The van der Waals surface area contributed by atoms with E-state index in [1.165, 1.54) is 0 Å². The largest absolute Gasteiger partial charge is 4.00 e. The third-order valence-corrected chi connectivity index (χ3v) is 0. The van der Waals surface area contributed by atoms with Crippen molar-refractivity contribution < 1.29 is 62.2 Å². The van der Waals surface area contributed by atoms with Gasteiger partial charge < -0.3 is 23.7 Å². The van der Waals surface area contributed by atoms with E-state index in [0.29, 0.717) is 0 Å². The average molecular weight is 393 g/mol. The van der Waals surface area contributed by atoms with Gasteiger partial charge in [0.25, 0.3) is 0 Å². The normalized spacial score (nSPS) is 8.92. The molecule has 0 aliphatic rings. The molecular formula is BaO9S2Ti. The van der Waals surface area contributed by atoms with Crippen LogP contribution < -0.4 is 0 Å². The van der Waals surface area contributed by atoms with Crippen molar-refractivity contribution in [3.8, 4) is 0 Å². The van der Waals surface area contributed by atoms with E-state index < -0.39 is 20.8 Å². The molecule has 0 amide bonds. The van der Waals surface area contributed by atoms with Crippen molar-refractivity contribution in [1.29, 1.82) is 0 Å². The first-order valence-corrected chi connectivity index (χ1v) is 4.00. The molecule has 0 aromatic heterocycles. The minimum atomic E-state index is -5.17. The quantitative estimate of drug-likeness (QED) is 0.234. The fourth-order valence-corrected chi connectivity index (χ4v) is 0. The maximum atomic E-state index is 8.52. The van der Waals surface area contributed by atoms with E-state index in [9.17, 15) is 0 Å². The summed E-state index contributed by atoms with van der Waals surface area (Å²) in [5.74, 6) is 0. The van der Waals surface area contributed by atoms with Gasteiger partial charge in [0.2, 0.25) is 0 Å². The number of rotatable bonds is 0. The van der Waals surface area contributed by atoms with Gasteiger partial charge in [0, 0.05) is 20.8 Å². The standard InChI is InChI=1S/Ba.2H2O4S.O.Ti/c;2*1-5(2,3)4;;/h;2*(H2,1,2,3,4);;/q+2;;;-2;+4/p-4. The van der Waals surface area contributed by atoms with Crippen LogP contribution >= 0.6 is 0 Å². The van der Waals surface area contributed by atoms with Crippen molar-refractivity contribution in [3.63, 3.8) is 0 Å². The van der Waals surface area contributed by atoms with Gasteiger partial charge >= 0.3 is 70.6 Å². The first-order valence-electron chi connectivity index (χ1n) is 1.33. The van der Waals surface area contributed by atoms with Crippen LogP contribution in [-0.4, -0.2) is 83.9 Å². The van der Waals surface area contributed by atoms with Crippen molar-refractivity contribution in [1.82, 2.24) is 0 Å². The molecule has 0 aliphatic carbocycles. The van der Waals surface area contributed by atoms with E-state index in [4.69, 9.17) is 35.0 Å². The molecule has 0 aliphatic heterocycles. The van der Waals surface area contributed by atoms with Crippen molar-refractivity contribution >= 4 is 69.7 Å². The molecule has 13 heavy (non-hydrogen) atoms. The molecule has 0 saturated heterocycles. The molecule has 0 rings (SSSR count). The molecular weight excluding hydrogens is 393 g/mol. The Kier molecular flexibility index (Phi) is 27.3. The molecule has 9 nitrogen and oxygen atoms in total. The van der Waals surface area contributed by atoms with Crippen molar-refractivity contribution in [2.24, 2.45) is 0 Å². The van der Waals surface area contributed by atoms with E-state index >= 15 is 0 Å². The molecule has 72 valence electrons. The molecule has 0 aromatic carbocycles. The Hall–Kier alpha value is 1.99. The topological polar surface area (TPSA) is 189 Å². The predicted molar refractivity (Wildman–Crippen MR) is 27.4 cm³/mol. The fraction of sp³-hybridized carbons (Fsp3) is 0. The molecule has 0 unspecified atom stereocenters. The molecule has 0 fully saturated rings. The van der Waals surface area contributed by atoms with Gasteiger partial charge in [-0.1, -0.05) is 0 Å². The van der Waals surface area contributed by atoms with E-state index in [-0.39, 0.29) is 76.1 Å². The summed E-state index contributed by atoms with van der Waals surface area (Å²) in [5, 5.41) is 0. The van der Waals surface area contributed by atoms with Crippen LogP contribution in [0, 0.1) is 0 Å². The van der Waals surface area contributed by atoms with Crippen LogP contribution in [0.5, 0.6) is 0 Å². The number of hydrogen-bond donors (Lipinski definition) is 0. The minimum Gasteiger partial charge on any atom is -2.00 e. The second-order valence-electron chi connectivity index (χ2n) is 0.816. The Morgan fingerprint density at radius 3 is 0.692 bits per heavy atom. The Balaban J connectivity index is -0.0000000267. The van der Waals surface area contributed by atoms with Crippen molar-refractivity contribution in [2.75, 3.05) is 0 Å².